The lowest BCUT2D eigenvalue weighted by Crippen LogP contribution is -2.30. The Bertz CT molecular complexity index is 444. The standard InChI is InChI=1S/C14H19NO3S/c1-3-5-11(12-6-4-7-19-12)15-9-10(8-13(15)16)14(17)18-2/h4,6-7,10-11H,3,5,8-9H2,1-2H3. The topological polar surface area (TPSA) is 46.6 Å². The number of hydrogen-bond acceptors (Lipinski definition) is 4. The molecule has 1 aromatic rings. The maximum absolute atomic E-state index is 12.1. The molecule has 1 fully saturated rings. The van der Waals surface area contributed by atoms with Gasteiger partial charge < -0.3 is 9.64 Å². The summed E-state index contributed by atoms with van der Waals surface area (Å²) in [7, 11) is 1.37. The highest BCUT2D eigenvalue weighted by Gasteiger charge is 2.38. The van der Waals surface area contributed by atoms with Crippen LogP contribution in [0.3, 0.4) is 0 Å². The van der Waals surface area contributed by atoms with Crippen LogP contribution in [-0.4, -0.2) is 30.4 Å². The normalized spacial score (nSPS) is 20.6. The number of thiophene rings is 1. The molecule has 0 bridgehead atoms. The molecule has 0 spiro atoms. The molecule has 5 heteroatoms. The average Bonchev–Trinajstić information content (AvgIpc) is 3.05. The molecule has 1 aliphatic rings. The highest BCUT2D eigenvalue weighted by Crippen LogP contribution is 2.34. The summed E-state index contributed by atoms with van der Waals surface area (Å²) < 4.78 is 4.75. The van der Waals surface area contributed by atoms with E-state index in [0.717, 1.165) is 12.8 Å². The fourth-order valence-corrected chi connectivity index (χ4v) is 3.44. The first-order valence-electron chi connectivity index (χ1n) is 6.58. The zero-order valence-corrected chi connectivity index (χ0v) is 12.1. The van der Waals surface area contributed by atoms with Gasteiger partial charge in [0.05, 0.1) is 19.1 Å². The van der Waals surface area contributed by atoms with Crippen molar-refractivity contribution in [3.05, 3.63) is 22.4 Å². The van der Waals surface area contributed by atoms with Crippen LogP contribution in [0.1, 0.15) is 37.1 Å². The predicted molar refractivity (Wildman–Crippen MR) is 73.8 cm³/mol. The summed E-state index contributed by atoms with van der Waals surface area (Å²) in [5, 5.41) is 2.02. The lowest BCUT2D eigenvalue weighted by atomic mass is 10.1. The maximum Gasteiger partial charge on any atom is 0.310 e. The quantitative estimate of drug-likeness (QED) is 0.779. The van der Waals surface area contributed by atoms with Gasteiger partial charge in [0.15, 0.2) is 0 Å². The smallest absolute Gasteiger partial charge is 0.310 e. The number of carbonyl (C=O) groups excluding carboxylic acids is 2. The van der Waals surface area contributed by atoms with E-state index in [1.54, 1.807) is 11.3 Å². The van der Waals surface area contributed by atoms with Gasteiger partial charge in [-0.1, -0.05) is 19.4 Å². The Morgan fingerprint density at radius 1 is 1.63 bits per heavy atom. The molecule has 0 N–H and O–H groups in total. The molecule has 2 heterocycles. The molecule has 1 aliphatic heterocycles. The second-order valence-corrected chi connectivity index (χ2v) is 5.77. The third-order valence-electron chi connectivity index (χ3n) is 3.50. The number of rotatable bonds is 5. The molecule has 1 amide bonds. The van der Waals surface area contributed by atoms with E-state index in [1.165, 1.54) is 12.0 Å². The van der Waals surface area contributed by atoms with Crippen molar-refractivity contribution < 1.29 is 14.3 Å². The summed E-state index contributed by atoms with van der Waals surface area (Å²) in [6.07, 6.45) is 2.22. The van der Waals surface area contributed by atoms with Gasteiger partial charge in [0.2, 0.25) is 5.91 Å². The van der Waals surface area contributed by atoms with Crippen molar-refractivity contribution in [3.8, 4) is 0 Å². The minimum absolute atomic E-state index is 0.0576. The van der Waals surface area contributed by atoms with E-state index in [4.69, 9.17) is 4.74 Å². The molecule has 2 atom stereocenters. The van der Waals surface area contributed by atoms with Crippen LogP contribution in [0.2, 0.25) is 0 Å². The van der Waals surface area contributed by atoms with Gasteiger partial charge in [-0.3, -0.25) is 9.59 Å². The Hall–Kier alpha value is -1.36. The van der Waals surface area contributed by atoms with Crippen LogP contribution in [0.25, 0.3) is 0 Å². The molecule has 4 nitrogen and oxygen atoms in total. The largest absolute Gasteiger partial charge is 0.469 e. The fraction of sp³-hybridized carbons (Fsp3) is 0.571. The molecular weight excluding hydrogens is 262 g/mol. The van der Waals surface area contributed by atoms with E-state index in [2.05, 4.69) is 13.0 Å². The molecule has 1 aromatic heterocycles. The van der Waals surface area contributed by atoms with Gasteiger partial charge in [0.1, 0.15) is 0 Å². The second kappa shape index (κ2) is 6.19. The number of hydrogen-bond donors (Lipinski definition) is 0. The van der Waals surface area contributed by atoms with Crippen LogP contribution in [-0.2, 0) is 14.3 Å². The van der Waals surface area contributed by atoms with Crippen LogP contribution >= 0.6 is 11.3 Å². The molecular formula is C14H19NO3S. The first kappa shape index (κ1) is 14.1. The van der Waals surface area contributed by atoms with Gasteiger partial charge in [-0.2, -0.15) is 0 Å². The SMILES string of the molecule is CCCC(c1cccs1)N1CC(C(=O)OC)CC1=O. The van der Waals surface area contributed by atoms with E-state index >= 15 is 0 Å². The first-order chi connectivity index (χ1) is 9.17. The van der Waals surface area contributed by atoms with Crippen molar-refractivity contribution >= 4 is 23.2 Å². The number of methoxy groups -OCH3 is 1. The van der Waals surface area contributed by atoms with Gasteiger partial charge in [0, 0.05) is 17.8 Å². The molecule has 0 radical (unpaired) electrons. The van der Waals surface area contributed by atoms with Crippen molar-refractivity contribution in [1.82, 2.24) is 4.90 Å². The number of esters is 1. The van der Waals surface area contributed by atoms with E-state index < -0.39 is 0 Å². The predicted octanol–water partition coefficient (Wildman–Crippen LogP) is 2.61. The number of ether oxygens (including phenoxy) is 1. The molecule has 2 rings (SSSR count). The van der Waals surface area contributed by atoms with Crippen molar-refractivity contribution in [1.29, 1.82) is 0 Å². The summed E-state index contributed by atoms with van der Waals surface area (Å²) in [4.78, 5) is 26.8. The van der Waals surface area contributed by atoms with Crippen molar-refractivity contribution in [2.45, 2.75) is 32.2 Å². The summed E-state index contributed by atoms with van der Waals surface area (Å²) in [5.41, 5.74) is 0. The van der Waals surface area contributed by atoms with Crippen LogP contribution in [0, 0.1) is 5.92 Å². The summed E-state index contributed by atoms with van der Waals surface area (Å²) in [5.74, 6) is -0.531. The molecule has 2 unspecified atom stereocenters. The van der Waals surface area contributed by atoms with Gasteiger partial charge in [-0.25, -0.2) is 0 Å². The van der Waals surface area contributed by atoms with Crippen LogP contribution in [0.15, 0.2) is 17.5 Å². The Kier molecular flexibility index (Phi) is 4.58. The number of amides is 1. The Balaban J connectivity index is 2.14. The van der Waals surface area contributed by atoms with Gasteiger partial charge >= 0.3 is 5.97 Å². The van der Waals surface area contributed by atoms with Crippen LogP contribution in [0.5, 0.6) is 0 Å². The zero-order valence-electron chi connectivity index (χ0n) is 11.3. The van der Waals surface area contributed by atoms with Crippen molar-refractivity contribution in [2.24, 2.45) is 5.92 Å². The Morgan fingerprint density at radius 2 is 2.42 bits per heavy atom. The molecule has 104 valence electrons. The number of carbonyl (C=O) groups is 2. The van der Waals surface area contributed by atoms with Gasteiger partial charge in [0.25, 0.3) is 0 Å². The average molecular weight is 281 g/mol. The molecule has 0 aliphatic carbocycles. The second-order valence-electron chi connectivity index (χ2n) is 4.79. The fourth-order valence-electron chi connectivity index (χ4n) is 2.56. The summed E-state index contributed by atoms with van der Waals surface area (Å²) in [6.45, 7) is 2.59. The lowest BCUT2D eigenvalue weighted by molar-refractivity contribution is -0.145. The third-order valence-corrected chi connectivity index (χ3v) is 4.48. The maximum atomic E-state index is 12.1. The van der Waals surface area contributed by atoms with Gasteiger partial charge in [-0.15, -0.1) is 11.3 Å². The third kappa shape index (κ3) is 2.97. The Labute approximate surface area is 117 Å². The highest BCUT2D eigenvalue weighted by molar-refractivity contribution is 7.10. The molecule has 0 aromatic carbocycles. The Morgan fingerprint density at radius 3 is 3.00 bits per heavy atom. The number of nitrogens with zero attached hydrogens (tertiary/aromatic N) is 1. The van der Waals surface area contributed by atoms with Crippen molar-refractivity contribution in [2.75, 3.05) is 13.7 Å². The monoisotopic (exact) mass is 281 g/mol. The van der Waals surface area contributed by atoms with Gasteiger partial charge in [-0.05, 0) is 17.9 Å². The summed E-state index contributed by atoms with van der Waals surface area (Å²) >= 11 is 1.67. The lowest BCUT2D eigenvalue weighted by Gasteiger charge is -2.27. The van der Waals surface area contributed by atoms with E-state index in [0.29, 0.717) is 6.54 Å². The minimum Gasteiger partial charge on any atom is -0.469 e. The minimum atomic E-state index is -0.309. The zero-order chi connectivity index (χ0) is 13.8. The number of likely N-dealkylation sites (tertiary alicyclic amines) is 1. The van der Waals surface area contributed by atoms with Crippen molar-refractivity contribution in [3.63, 3.8) is 0 Å². The molecule has 0 saturated carbocycles. The summed E-state index contributed by atoms with van der Waals surface area (Å²) in [6, 6.07) is 4.16. The first-order valence-corrected chi connectivity index (χ1v) is 7.46. The van der Waals surface area contributed by atoms with E-state index in [1.807, 2.05) is 16.3 Å². The van der Waals surface area contributed by atoms with E-state index in [-0.39, 0.29) is 30.3 Å². The molecule has 1 saturated heterocycles. The molecule has 19 heavy (non-hydrogen) atoms. The van der Waals surface area contributed by atoms with Crippen LogP contribution < -0.4 is 0 Å². The van der Waals surface area contributed by atoms with E-state index in [9.17, 15) is 9.59 Å². The van der Waals surface area contributed by atoms with Crippen LogP contribution in [0.4, 0.5) is 0 Å². The highest BCUT2D eigenvalue weighted by atomic mass is 32.1.